The molecule has 19 heavy (non-hydrogen) atoms. The summed E-state index contributed by atoms with van der Waals surface area (Å²) in [6, 6.07) is 5.82. The van der Waals surface area contributed by atoms with Crippen molar-refractivity contribution in [1.82, 2.24) is 15.0 Å². The molecule has 3 rings (SSSR count). The molecule has 0 radical (unpaired) electrons. The number of halogens is 1. The van der Waals surface area contributed by atoms with E-state index in [2.05, 4.69) is 42.9 Å². The number of fused-ring (bicyclic) bond motifs is 1. The van der Waals surface area contributed by atoms with Gasteiger partial charge in [0.2, 0.25) is 0 Å². The Bertz CT molecular complexity index is 731. The highest BCUT2D eigenvalue weighted by Gasteiger charge is 2.07. The predicted octanol–water partition coefficient (Wildman–Crippen LogP) is 3.44. The Kier molecular flexibility index (Phi) is 3.47. The van der Waals surface area contributed by atoms with Crippen LogP contribution in [0.15, 0.2) is 30.7 Å². The quantitative estimate of drug-likeness (QED) is 0.702. The SMILES string of the molecule is COc1ccc2nc(Nc3ncncc3I)sc2c1. The van der Waals surface area contributed by atoms with Gasteiger partial charge in [0.15, 0.2) is 5.13 Å². The van der Waals surface area contributed by atoms with Gasteiger partial charge < -0.3 is 10.1 Å². The van der Waals surface area contributed by atoms with Gasteiger partial charge in [-0.2, -0.15) is 0 Å². The van der Waals surface area contributed by atoms with Crippen LogP contribution >= 0.6 is 33.9 Å². The molecule has 0 saturated heterocycles. The topological polar surface area (TPSA) is 59.9 Å². The molecule has 0 amide bonds. The van der Waals surface area contributed by atoms with Crippen molar-refractivity contribution in [3.63, 3.8) is 0 Å². The Morgan fingerprint density at radius 3 is 3.05 bits per heavy atom. The van der Waals surface area contributed by atoms with Crippen molar-refractivity contribution in [2.45, 2.75) is 0 Å². The molecule has 2 heterocycles. The Balaban J connectivity index is 1.95. The molecule has 0 bridgehead atoms. The van der Waals surface area contributed by atoms with Crippen molar-refractivity contribution in [2.24, 2.45) is 0 Å². The number of nitrogens with zero attached hydrogens (tertiary/aromatic N) is 3. The van der Waals surface area contributed by atoms with E-state index in [1.807, 2.05) is 18.2 Å². The molecular weight excluding hydrogens is 375 g/mol. The van der Waals surface area contributed by atoms with Gasteiger partial charge in [-0.25, -0.2) is 15.0 Å². The van der Waals surface area contributed by atoms with E-state index in [1.165, 1.54) is 6.33 Å². The molecule has 0 aliphatic rings. The smallest absolute Gasteiger partial charge is 0.189 e. The maximum atomic E-state index is 5.21. The van der Waals surface area contributed by atoms with Gasteiger partial charge in [0.1, 0.15) is 17.9 Å². The third-order valence-electron chi connectivity index (χ3n) is 2.49. The van der Waals surface area contributed by atoms with Gasteiger partial charge in [-0.3, -0.25) is 0 Å². The number of hydrogen-bond donors (Lipinski definition) is 1. The highest BCUT2D eigenvalue weighted by molar-refractivity contribution is 14.1. The van der Waals surface area contributed by atoms with E-state index in [0.29, 0.717) is 0 Å². The van der Waals surface area contributed by atoms with Crippen LogP contribution in [-0.4, -0.2) is 22.1 Å². The lowest BCUT2D eigenvalue weighted by Crippen LogP contribution is -1.95. The van der Waals surface area contributed by atoms with Crippen molar-refractivity contribution >= 4 is 55.1 Å². The molecule has 3 aromatic rings. The number of rotatable bonds is 3. The summed E-state index contributed by atoms with van der Waals surface area (Å²) >= 11 is 3.75. The maximum absolute atomic E-state index is 5.21. The fraction of sp³-hybridized carbons (Fsp3) is 0.0833. The highest BCUT2D eigenvalue weighted by atomic mass is 127. The van der Waals surface area contributed by atoms with Crippen molar-refractivity contribution in [2.75, 3.05) is 12.4 Å². The summed E-state index contributed by atoms with van der Waals surface area (Å²) in [5.74, 6) is 1.60. The molecule has 2 aromatic heterocycles. The van der Waals surface area contributed by atoms with Crippen LogP contribution < -0.4 is 10.1 Å². The summed E-state index contributed by atoms with van der Waals surface area (Å²) < 4.78 is 7.24. The Hall–Kier alpha value is -1.48. The van der Waals surface area contributed by atoms with Crippen LogP contribution in [0.5, 0.6) is 5.75 Å². The zero-order valence-electron chi connectivity index (χ0n) is 9.92. The second-order valence-electron chi connectivity index (χ2n) is 3.70. The first-order valence-electron chi connectivity index (χ1n) is 5.43. The summed E-state index contributed by atoms with van der Waals surface area (Å²) in [6.07, 6.45) is 3.27. The molecule has 0 aliphatic carbocycles. The standard InChI is InChI=1S/C12H9IN4OS/c1-18-7-2-3-9-10(4-7)19-12(16-9)17-11-8(13)5-14-6-15-11/h2-6H,1H3,(H,14,15,16,17). The fourth-order valence-corrected chi connectivity index (χ4v) is 2.92. The summed E-state index contributed by atoms with van der Waals surface area (Å²) in [7, 11) is 1.66. The van der Waals surface area contributed by atoms with Crippen LogP contribution in [-0.2, 0) is 0 Å². The first kappa shape index (κ1) is 12.5. The number of nitrogens with one attached hydrogen (secondary N) is 1. The molecule has 0 fully saturated rings. The molecule has 1 aromatic carbocycles. The molecule has 96 valence electrons. The van der Waals surface area contributed by atoms with E-state index in [9.17, 15) is 0 Å². The molecule has 5 nitrogen and oxygen atoms in total. The molecule has 1 N–H and O–H groups in total. The van der Waals surface area contributed by atoms with E-state index >= 15 is 0 Å². The Morgan fingerprint density at radius 2 is 2.26 bits per heavy atom. The van der Waals surface area contributed by atoms with Gasteiger partial charge in [-0.05, 0) is 40.8 Å². The summed E-state index contributed by atoms with van der Waals surface area (Å²) in [5.41, 5.74) is 0.942. The summed E-state index contributed by atoms with van der Waals surface area (Å²) in [6.45, 7) is 0. The number of ether oxygens (including phenoxy) is 1. The largest absolute Gasteiger partial charge is 0.497 e. The highest BCUT2D eigenvalue weighted by Crippen LogP contribution is 2.31. The normalized spacial score (nSPS) is 10.6. The number of hydrogen-bond acceptors (Lipinski definition) is 6. The van der Waals surface area contributed by atoms with Gasteiger partial charge in [0, 0.05) is 6.20 Å². The second-order valence-corrected chi connectivity index (χ2v) is 5.89. The van der Waals surface area contributed by atoms with Gasteiger partial charge in [-0.1, -0.05) is 11.3 Å². The first-order valence-corrected chi connectivity index (χ1v) is 7.33. The summed E-state index contributed by atoms with van der Waals surface area (Å²) in [4.78, 5) is 12.7. The number of methoxy groups -OCH3 is 1. The molecular formula is C12H9IN4OS. The van der Waals surface area contributed by atoms with Crippen molar-refractivity contribution < 1.29 is 4.74 Å². The molecule has 0 unspecified atom stereocenters. The van der Waals surface area contributed by atoms with Crippen LogP contribution in [0.3, 0.4) is 0 Å². The van der Waals surface area contributed by atoms with Crippen LogP contribution in [0, 0.1) is 3.57 Å². The Labute approximate surface area is 127 Å². The number of aromatic nitrogens is 3. The fourth-order valence-electron chi connectivity index (χ4n) is 1.59. The van der Waals surface area contributed by atoms with Gasteiger partial charge in [0.25, 0.3) is 0 Å². The third-order valence-corrected chi connectivity index (χ3v) is 4.21. The lowest BCUT2D eigenvalue weighted by atomic mass is 10.3. The number of benzene rings is 1. The van der Waals surface area contributed by atoms with E-state index in [4.69, 9.17) is 4.74 Å². The molecule has 0 spiro atoms. The minimum atomic E-state index is 0.765. The molecule has 0 aliphatic heterocycles. The molecule has 0 saturated carbocycles. The van der Waals surface area contributed by atoms with Crippen LogP contribution in [0.4, 0.5) is 10.9 Å². The van der Waals surface area contributed by atoms with Crippen molar-refractivity contribution in [3.05, 3.63) is 34.3 Å². The monoisotopic (exact) mass is 384 g/mol. The zero-order chi connectivity index (χ0) is 13.2. The average Bonchev–Trinajstić information content (AvgIpc) is 2.82. The molecule has 7 heteroatoms. The zero-order valence-corrected chi connectivity index (χ0v) is 12.9. The van der Waals surface area contributed by atoms with E-state index in [-0.39, 0.29) is 0 Å². The lowest BCUT2D eigenvalue weighted by Gasteiger charge is -2.01. The van der Waals surface area contributed by atoms with Crippen LogP contribution in [0.25, 0.3) is 10.2 Å². The third kappa shape index (κ3) is 2.61. The van der Waals surface area contributed by atoms with Gasteiger partial charge >= 0.3 is 0 Å². The minimum Gasteiger partial charge on any atom is -0.497 e. The van der Waals surface area contributed by atoms with Gasteiger partial charge in [-0.15, -0.1) is 0 Å². The van der Waals surface area contributed by atoms with Crippen molar-refractivity contribution in [3.8, 4) is 5.75 Å². The van der Waals surface area contributed by atoms with Gasteiger partial charge in [0.05, 0.1) is 20.9 Å². The van der Waals surface area contributed by atoms with Crippen molar-refractivity contribution in [1.29, 1.82) is 0 Å². The minimum absolute atomic E-state index is 0.765. The Morgan fingerprint density at radius 1 is 1.37 bits per heavy atom. The lowest BCUT2D eigenvalue weighted by molar-refractivity contribution is 0.415. The first-order chi connectivity index (χ1) is 9.26. The predicted molar refractivity (Wildman–Crippen MR) is 84.2 cm³/mol. The molecule has 0 atom stereocenters. The average molecular weight is 384 g/mol. The second kappa shape index (κ2) is 5.25. The van der Waals surface area contributed by atoms with E-state index in [0.717, 1.165) is 30.5 Å². The summed E-state index contributed by atoms with van der Waals surface area (Å²) in [5, 5.41) is 4.01. The number of anilines is 2. The van der Waals surface area contributed by atoms with E-state index < -0.39 is 0 Å². The maximum Gasteiger partial charge on any atom is 0.189 e. The number of thiazole rings is 1. The van der Waals surface area contributed by atoms with Crippen LogP contribution in [0.1, 0.15) is 0 Å². The van der Waals surface area contributed by atoms with Crippen LogP contribution in [0.2, 0.25) is 0 Å². The van der Waals surface area contributed by atoms with E-state index in [1.54, 1.807) is 24.6 Å².